The SMILES string of the molecule is NC(=O)c1cc([N+](=O)[O-])cc([N+](=O)[O-])c1Oc1ccc(Cl)cc1. The van der Waals surface area contributed by atoms with Crippen LogP contribution in [0.15, 0.2) is 36.4 Å². The summed E-state index contributed by atoms with van der Waals surface area (Å²) in [5.41, 5.74) is 3.28. The van der Waals surface area contributed by atoms with Gasteiger partial charge in [-0.05, 0) is 24.3 Å². The third-order valence-corrected chi connectivity index (χ3v) is 3.01. The van der Waals surface area contributed by atoms with Crippen molar-refractivity contribution in [3.05, 3.63) is 67.2 Å². The summed E-state index contributed by atoms with van der Waals surface area (Å²) in [6.07, 6.45) is 0. The van der Waals surface area contributed by atoms with Crippen LogP contribution in [0.2, 0.25) is 5.02 Å². The van der Waals surface area contributed by atoms with Crippen LogP contribution in [0.5, 0.6) is 11.5 Å². The smallest absolute Gasteiger partial charge is 0.319 e. The second-order valence-electron chi connectivity index (χ2n) is 4.28. The Morgan fingerprint density at radius 2 is 1.70 bits per heavy atom. The standard InChI is InChI=1S/C13H8ClN3O6/c14-7-1-3-9(4-2-7)23-12-10(13(15)18)5-8(16(19)20)6-11(12)17(21)22/h1-6H,(H2,15,18). The summed E-state index contributed by atoms with van der Waals surface area (Å²) in [6.45, 7) is 0. The summed E-state index contributed by atoms with van der Waals surface area (Å²) in [6, 6.07) is 7.28. The number of nitro groups is 2. The number of nitro benzene ring substituents is 2. The molecular formula is C13H8ClN3O6. The average molecular weight is 338 g/mol. The molecule has 10 heteroatoms. The van der Waals surface area contributed by atoms with Crippen LogP contribution in [-0.4, -0.2) is 15.8 Å². The minimum Gasteiger partial charge on any atom is -0.449 e. The molecule has 9 nitrogen and oxygen atoms in total. The van der Waals surface area contributed by atoms with E-state index in [1.807, 2.05) is 0 Å². The van der Waals surface area contributed by atoms with Crippen LogP contribution in [0, 0.1) is 20.2 Å². The summed E-state index contributed by atoms with van der Waals surface area (Å²) in [5.74, 6) is -1.43. The number of nitrogens with zero attached hydrogens (tertiary/aromatic N) is 2. The topological polar surface area (TPSA) is 139 Å². The van der Waals surface area contributed by atoms with Gasteiger partial charge in [-0.2, -0.15) is 0 Å². The van der Waals surface area contributed by atoms with E-state index in [0.717, 1.165) is 6.07 Å². The molecule has 2 aromatic rings. The van der Waals surface area contributed by atoms with Crippen molar-refractivity contribution >= 4 is 28.9 Å². The Morgan fingerprint density at radius 1 is 1.09 bits per heavy atom. The summed E-state index contributed by atoms with van der Waals surface area (Å²) >= 11 is 5.72. The number of halogens is 1. The first kappa shape index (κ1) is 16.2. The number of hydrogen-bond donors (Lipinski definition) is 1. The lowest BCUT2D eigenvalue weighted by Gasteiger charge is -2.09. The third-order valence-electron chi connectivity index (χ3n) is 2.76. The van der Waals surface area contributed by atoms with Crippen molar-refractivity contribution in [3.8, 4) is 11.5 Å². The fraction of sp³-hybridized carbons (Fsp3) is 0. The fourth-order valence-electron chi connectivity index (χ4n) is 1.75. The Morgan fingerprint density at radius 3 is 2.17 bits per heavy atom. The van der Waals surface area contributed by atoms with Gasteiger partial charge >= 0.3 is 5.69 Å². The molecule has 118 valence electrons. The Labute approximate surface area is 133 Å². The molecule has 0 aliphatic carbocycles. The van der Waals surface area contributed by atoms with Crippen molar-refractivity contribution in [2.75, 3.05) is 0 Å². The molecule has 23 heavy (non-hydrogen) atoms. The zero-order valence-electron chi connectivity index (χ0n) is 11.3. The first-order valence-corrected chi connectivity index (χ1v) is 6.37. The lowest BCUT2D eigenvalue weighted by molar-refractivity contribution is -0.394. The van der Waals surface area contributed by atoms with Gasteiger partial charge in [-0.15, -0.1) is 0 Å². The molecule has 0 heterocycles. The number of amides is 1. The maximum absolute atomic E-state index is 11.5. The molecule has 0 saturated heterocycles. The van der Waals surface area contributed by atoms with Crippen molar-refractivity contribution < 1.29 is 19.4 Å². The molecule has 0 aliphatic heterocycles. The number of nitrogens with two attached hydrogens (primary N) is 1. The van der Waals surface area contributed by atoms with E-state index in [4.69, 9.17) is 22.1 Å². The molecule has 2 N–H and O–H groups in total. The normalized spacial score (nSPS) is 10.1. The van der Waals surface area contributed by atoms with E-state index in [1.165, 1.54) is 24.3 Å². The van der Waals surface area contributed by atoms with Crippen LogP contribution < -0.4 is 10.5 Å². The Bertz CT molecular complexity index is 771. The highest BCUT2D eigenvalue weighted by molar-refractivity contribution is 6.30. The maximum Gasteiger partial charge on any atom is 0.319 e. The molecule has 2 rings (SSSR count). The highest BCUT2D eigenvalue weighted by Gasteiger charge is 2.28. The highest BCUT2D eigenvalue weighted by Crippen LogP contribution is 2.38. The lowest BCUT2D eigenvalue weighted by Crippen LogP contribution is -2.14. The van der Waals surface area contributed by atoms with Gasteiger partial charge in [-0.3, -0.25) is 25.0 Å². The van der Waals surface area contributed by atoms with Gasteiger partial charge in [-0.25, -0.2) is 0 Å². The molecule has 1 amide bonds. The monoisotopic (exact) mass is 337 g/mol. The van der Waals surface area contributed by atoms with E-state index in [0.29, 0.717) is 11.1 Å². The Balaban J connectivity index is 2.63. The second kappa shape index (κ2) is 6.28. The summed E-state index contributed by atoms with van der Waals surface area (Å²) in [5, 5.41) is 22.4. The molecule has 0 bridgehead atoms. The third kappa shape index (κ3) is 3.52. The van der Waals surface area contributed by atoms with Crippen molar-refractivity contribution in [1.29, 1.82) is 0 Å². The predicted molar refractivity (Wildman–Crippen MR) is 79.8 cm³/mol. The van der Waals surface area contributed by atoms with Gasteiger partial charge < -0.3 is 10.5 Å². The number of benzene rings is 2. The Kier molecular flexibility index (Phi) is 4.42. The quantitative estimate of drug-likeness (QED) is 0.657. The predicted octanol–water partition coefficient (Wildman–Crippen LogP) is 3.05. The molecular weight excluding hydrogens is 330 g/mol. The van der Waals surface area contributed by atoms with Gasteiger partial charge in [0.1, 0.15) is 5.75 Å². The van der Waals surface area contributed by atoms with Crippen LogP contribution in [0.3, 0.4) is 0 Å². The first-order chi connectivity index (χ1) is 10.8. The second-order valence-corrected chi connectivity index (χ2v) is 4.71. The lowest BCUT2D eigenvalue weighted by atomic mass is 10.1. The van der Waals surface area contributed by atoms with Crippen molar-refractivity contribution in [2.45, 2.75) is 0 Å². The number of carbonyl (C=O) groups is 1. The van der Waals surface area contributed by atoms with Crippen LogP contribution in [-0.2, 0) is 0 Å². The summed E-state index contributed by atoms with van der Waals surface area (Å²) in [7, 11) is 0. The van der Waals surface area contributed by atoms with Gasteiger partial charge in [0.15, 0.2) is 0 Å². The summed E-state index contributed by atoms with van der Waals surface area (Å²) < 4.78 is 5.33. The highest BCUT2D eigenvalue weighted by atomic mass is 35.5. The van der Waals surface area contributed by atoms with Crippen molar-refractivity contribution in [1.82, 2.24) is 0 Å². The number of primary amides is 1. The number of ether oxygens (including phenoxy) is 1. The van der Waals surface area contributed by atoms with Crippen molar-refractivity contribution in [2.24, 2.45) is 5.73 Å². The van der Waals surface area contributed by atoms with Gasteiger partial charge in [0, 0.05) is 11.1 Å². The zero-order chi connectivity index (χ0) is 17.1. The van der Waals surface area contributed by atoms with Crippen molar-refractivity contribution in [3.63, 3.8) is 0 Å². The van der Waals surface area contributed by atoms with Gasteiger partial charge in [0.2, 0.25) is 5.75 Å². The van der Waals surface area contributed by atoms with E-state index in [-0.39, 0.29) is 5.75 Å². The van der Waals surface area contributed by atoms with Crippen LogP contribution >= 0.6 is 11.6 Å². The molecule has 0 atom stereocenters. The molecule has 0 aromatic heterocycles. The molecule has 0 spiro atoms. The van der Waals surface area contributed by atoms with Crippen LogP contribution in [0.25, 0.3) is 0 Å². The number of rotatable bonds is 5. The fourth-order valence-corrected chi connectivity index (χ4v) is 1.88. The zero-order valence-corrected chi connectivity index (χ0v) is 12.0. The Hall–Kier alpha value is -3.20. The number of non-ortho nitro benzene ring substituents is 1. The first-order valence-electron chi connectivity index (χ1n) is 5.99. The van der Waals surface area contributed by atoms with Crippen LogP contribution in [0.1, 0.15) is 10.4 Å². The number of hydrogen-bond acceptors (Lipinski definition) is 6. The van der Waals surface area contributed by atoms with E-state index in [2.05, 4.69) is 0 Å². The van der Waals surface area contributed by atoms with Gasteiger partial charge in [0.25, 0.3) is 11.6 Å². The molecule has 0 aliphatic rings. The van der Waals surface area contributed by atoms with Gasteiger partial charge in [0.05, 0.1) is 21.5 Å². The molecule has 0 radical (unpaired) electrons. The number of carbonyl (C=O) groups excluding carboxylic acids is 1. The largest absolute Gasteiger partial charge is 0.449 e. The maximum atomic E-state index is 11.5. The molecule has 0 unspecified atom stereocenters. The molecule has 2 aromatic carbocycles. The minimum absolute atomic E-state index is 0.147. The summed E-state index contributed by atoms with van der Waals surface area (Å²) in [4.78, 5) is 31.7. The molecule has 0 fully saturated rings. The average Bonchev–Trinajstić information content (AvgIpc) is 2.48. The van der Waals surface area contributed by atoms with E-state index >= 15 is 0 Å². The van der Waals surface area contributed by atoms with Gasteiger partial charge in [-0.1, -0.05) is 11.6 Å². The van der Waals surface area contributed by atoms with E-state index < -0.39 is 38.4 Å². The van der Waals surface area contributed by atoms with E-state index in [9.17, 15) is 25.0 Å². The molecule has 0 saturated carbocycles. The van der Waals surface area contributed by atoms with E-state index in [1.54, 1.807) is 0 Å². The minimum atomic E-state index is -1.10. The van der Waals surface area contributed by atoms with Crippen LogP contribution in [0.4, 0.5) is 11.4 Å².